The standard InChI is InChI=1S/C12H10N4S/c1-3-10(11-5-6-17-8-11)4-2-9(1)7-12-13-15-16-14-12/h1-6,8H,7H2,(H,13,14,15,16). The molecule has 0 fully saturated rings. The summed E-state index contributed by atoms with van der Waals surface area (Å²) in [5.41, 5.74) is 3.69. The van der Waals surface area contributed by atoms with Crippen LogP contribution in [0.2, 0.25) is 0 Å². The number of nitrogens with one attached hydrogen (secondary N) is 1. The fourth-order valence-electron chi connectivity index (χ4n) is 1.68. The highest BCUT2D eigenvalue weighted by Crippen LogP contribution is 2.22. The molecule has 0 amide bonds. The van der Waals surface area contributed by atoms with E-state index in [1.165, 1.54) is 16.7 Å². The summed E-state index contributed by atoms with van der Waals surface area (Å²) in [4.78, 5) is 0. The van der Waals surface area contributed by atoms with Crippen LogP contribution in [0.4, 0.5) is 0 Å². The van der Waals surface area contributed by atoms with Crippen LogP contribution in [0.5, 0.6) is 0 Å². The fourth-order valence-corrected chi connectivity index (χ4v) is 2.35. The maximum atomic E-state index is 3.94. The zero-order valence-corrected chi connectivity index (χ0v) is 9.81. The largest absolute Gasteiger partial charge is 0.178 e. The van der Waals surface area contributed by atoms with Gasteiger partial charge in [-0.3, -0.25) is 0 Å². The summed E-state index contributed by atoms with van der Waals surface area (Å²) in [5, 5.41) is 18.1. The molecule has 0 saturated heterocycles. The highest BCUT2D eigenvalue weighted by Gasteiger charge is 2.02. The second-order valence-electron chi connectivity index (χ2n) is 3.71. The lowest BCUT2D eigenvalue weighted by atomic mass is 10.1. The molecule has 0 saturated carbocycles. The van der Waals surface area contributed by atoms with Crippen LogP contribution in [0.15, 0.2) is 41.1 Å². The zero-order chi connectivity index (χ0) is 11.5. The van der Waals surface area contributed by atoms with Crippen LogP contribution in [0.1, 0.15) is 11.4 Å². The van der Waals surface area contributed by atoms with E-state index in [-0.39, 0.29) is 0 Å². The molecular weight excluding hydrogens is 232 g/mol. The molecule has 2 aromatic heterocycles. The van der Waals surface area contributed by atoms with Crippen molar-refractivity contribution < 1.29 is 0 Å². The van der Waals surface area contributed by atoms with Crippen LogP contribution in [-0.4, -0.2) is 20.6 Å². The second kappa shape index (κ2) is 4.47. The van der Waals surface area contributed by atoms with E-state index in [0.717, 1.165) is 0 Å². The molecular formula is C12H10N4S. The van der Waals surface area contributed by atoms with Crippen LogP contribution in [0.3, 0.4) is 0 Å². The van der Waals surface area contributed by atoms with E-state index in [1.807, 2.05) is 0 Å². The second-order valence-corrected chi connectivity index (χ2v) is 4.49. The molecule has 84 valence electrons. The van der Waals surface area contributed by atoms with Crippen molar-refractivity contribution in [3.05, 3.63) is 52.5 Å². The number of benzene rings is 1. The molecule has 4 nitrogen and oxygen atoms in total. The maximum Gasteiger partial charge on any atom is 0.178 e. The number of aromatic nitrogens is 4. The molecule has 2 heterocycles. The van der Waals surface area contributed by atoms with Crippen molar-refractivity contribution in [3.63, 3.8) is 0 Å². The van der Waals surface area contributed by atoms with Crippen LogP contribution in [-0.2, 0) is 6.42 Å². The lowest BCUT2D eigenvalue weighted by Crippen LogP contribution is -1.90. The lowest BCUT2D eigenvalue weighted by molar-refractivity contribution is 0.881. The van der Waals surface area contributed by atoms with Crippen LogP contribution in [0.25, 0.3) is 11.1 Å². The SMILES string of the molecule is c1cc(-c2ccc(Cc3nn[nH]n3)cc2)cs1. The minimum Gasteiger partial charge on any atom is -0.177 e. The van der Waals surface area contributed by atoms with Gasteiger partial charge in [-0.2, -0.15) is 16.6 Å². The third kappa shape index (κ3) is 2.24. The van der Waals surface area contributed by atoms with Gasteiger partial charge in [-0.05, 0) is 33.5 Å². The first-order valence-corrected chi connectivity index (χ1v) is 6.20. The highest BCUT2D eigenvalue weighted by atomic mass is 32.1. The van der Waals surface area contributed by atoms with Crippen molar-refractivity contribution in [2.75, 3.05) is 0 Å². The molecule has 1 aromatic carbocycles. The van der Waals surface area contributed by atoms with E-state index in [4.69, 9.17) is 0 Å². The number of aromatic amines is 1. The quantitative estimate of drug-likeness (QED) is 0.767. The van der Waals surface area contributed by atoms with Crippen molar-refractivity contribution >= 4 is 11.3 Å². The molecule has 0 atom stereocenters. The Morgan fingerprint density at radius 1 is 1.06 bits per heavy atom. The highest BCUT2D eigenvalue weighted by molar-refractivity contribution is 7.08. The van der Waals surface area contributed by atoms with E-state index >= 15 is 0 Å². The van der Waals surface area contributed by atoms with Crippen LogP contribution in [0, 0.1) is 0 Å². The molecule has 0 spiro atoms. The molecule has 0 aliphatic rings. The first-order valence-electron chi connectivity index (χ1n) is 5.25. The Labute approximate surface area is 102 Å². The Balaban J connectivity index is 1.81. The number of hydrogen-bond donors (Lipinski definition) is 1. The first kappa shape index (κ1) is 10.2. The monoisotopic (exact) mass is 242 g/mol. The Kier molecular flexibility index (Phi) is 2.67. The van der Waals surface area contributed by atoms with E-state index in [2.05, 4.69) is 61.7 Å². The summed E-state index contributed by atoms with van der Waals surface area (Å²) in [6, 6.07) is 10.6. The minimum atomic E-state index is 0.709. The summed E-state index contributed by atoms with van der Waals surface area (Å²) in [6.07, 6.45) is 0.709. The van der Waals surface area contributed by atoms with Gasteiger partial charge in [0.05, 0.1) is 0 Å². The Morgan fingerprint density at radius 2 is 1.94 bits per heavy atom. The van der Waals surface area contributed by atoms with Crippen molar-refractivity contribution in [2.24, 2.45) is 0 Å². The minimum absolute atomic E-state index is 0.709. The van der Waals surface area contributed by atoms with Gasteiger partial charge in [0.1, 0.15) is 0 Å². The smallest absolute Gasteiger partial charge is 0.177 e. The Bertz CT molecular complexity index is 570. The van der Waals surface area contributed by atoms with Gasteiger partial charge in [0.2, 0.25) is 0 Å². The van der Waals surface area contributed by atoms with Gasteiger partial charge in [-0.25, -0.2) is 0 Å². The van der Waals surface area contributed by atoms with Gasteiger partial charge in [0.15, 0.2) is 5.82 Å². The molecule has 0 aliphatic carbocycles. The van der Waals surface area contributed by atoms with Crippen molar-refractivity contribution in [3.8, 4) is 11.1 Å². The van der Waals surface area contributed by atoms with Gasteiger partial charge in [0.25, 0.3) is 0 Å². The molecule has 3 aromatic rings. The molecule has 0 aliphatic heterocycles. The van der Waals surface area contributed by atoms with E-state index in [9.17, 15) is 0 Å². The number of hydrogen-bond acceptors (Lipinski definition) is 4. The Hall–Kier alpha value is -2.01. The summed E-state index contributed by atoms with van der Waals surface area (Å²) in [6.45, 7) is 0. The van der Waals surface area contributed by atoms with E-state index in [1.54, 1.807) is 11.3 Å². The predicted molar refractivity (Wildman–Crippen MR) is 66.7 cm³/mol. The van der Waals surface area contributed by atoms with Crippen molar-refractivity contribution in [2.45, 2.75) is 6.42 Å². The number of rotatable bonds is 3. The average Bonchev–Trinajstić information content (AvgIpc) is 3.01. The third-order valence-electron chi connectivity index (χ3n) is 2.56. The molecule has 17 heavy (non-hydrogen) atoms. The summed E-state index contributed by atoms with van der Waals surface area (Å²) >= 11 is 1.71. The fraction of sp³-hybridized carbons (Fsp3) is 0.0833. The van der Waals surface area contributed by atoms with Crippen molar-refractivity contribution in [1.29, 1.82) is 0 Å². The van der Waals surface area contributed by atoms with Gasteiger partial charge in [-0.1, -0.05) is 29.5 Å². The summed E-state index contributed by atoms with van der Waals surface area (Å²) in [5.74, 6) is 0.716. The first-order chi connectivity index (χ1) is 8.42. The molecule has 3 rings (SSSR count). The predicted octanol–water partition coefficient (Wildman–Crippen LogP) is 2.52. The van der Waals surface area contributed by atoms with Crippen LogP contribution >= 0.6 is 11.3 Å². The molecule has 0 radical (unpaired) electrons. The topological polar surface area (TPSA) is 54.5 Å². The Morgan fingerprint density at radius 3 is 2.59 bits per heavy atom. The van der Waals surface area contributed by atoms with Gasteiger partial charge >= 0.3 is 0 Å². The normalized spacial score (nSPS) is 10.6. The maximum absolute atomic E-state index is 3.94. The average molecular weight is 242 g/mol. The number of thiophene rings is 1. The third-order valence-corrected chi connectivity index (χ3v) is 3.24. The van der Waals surface area contributed by atoms with E-state index < -0.39 is 0 Å². The molecule has 5 heteroatoms. The van der Waals surface area contributed by atoms with Gasteiger partial charge < -0.3 is 0 Å². The zero-order valence-electron chi connectivity index (χ0n) is 9.00. The summed E-state index contributed by atoms with van der Waals surface area (Å²) < 4.78 is 0. The molecule has 0 unspecified atom stereocenters. The summed E-state index contributed by atoms with van der Waals surface area (Å²) in [7, 11) is 0. The number of tetrazole rings is 1. The molecule has 0 bridgehead atoms. The number of H-pyrrole nitrogens is 1. The van der Waals surface area contributed by atoms with E-state index in [0.29, 0.717) is 12.2 Å². The van der Waals surface area contributed by atoms with Crippen LogP contribution < -0.4 is 0 Å². The molecule has 1 N–H and O–H groups in total. The number of nitrogens with zero attached hydrogens (tertiary/aromatic N) is 3. The van der Waals surface area contributed by atoms with Crippen molar-refractivity contribution in [1.82, 2.24) is 20.6 Å². The van der Waals surface area contributed by atoms with Gasteiger partial charge in [-0.15, -0.1) is 10.2 Å². The van der Waals surface area contributed by atoms with Gasteiger partial charge in [0, 0.05) is 6.42 Å². The lowest BCUT2D eigenvalue weighted by Gasteiger charge is -2.00.